The predicted molar refractivity (Wildman–Crippen MR) is 94.4 cm³/mol. The largest absolute Gasteiger partial charge is 0.350 e. The van der Waals surface area contributed by atoms with Crippen LogP contribution in [0.15, 0.2) is 66.9 Å². The number of hydrogen-bond donors (Lipinski definition) is 0. The Morgan fingerprint density at radius 1 is 0.957 bits per heavy atom. The van der Waals surface area contributed by atoms with Gasteiger partial charge in [-0.2, -0.15) is 5.26 Å². The highest BCUT2D eigenvalue weighted by Gasteiger charge is 2.11. The monoisotopic (exact) mass is 296 g/mol. The zero-order valence-electron chi connectivity index (χ0n) is 13.0. The molecule has 0 saturated carbocycles. The fourth-order valence-corrected chi connectivity index (χ4v) is 3.34. The molecule has 0 fully saturated rings. The van der Waals surface area contributed by atoms with E-state index in [1.165, 1.54) is 21.9 Å². The van der Waals surface area contributed by atoms with Gasteiger partial charge >= 0.3 is 0 Å². The summed E-state index contributed by atoms with van der Waals surface area (Å²) in [6, 6.07) is 23.2. The Morgan fingerprint density at radius 3 is 2.61 bits per heavy atom. The standard InChI is InChI=1S/C21H16N2/c1-23-14-19(21-18(13-22)7-4-8-20(21)23)12-15-9-10-16-5-2-3-6-17(16)11-15/h2-11,14H,12H2,1H3. The summed E-state index contributed by atoms with van der Waals surface area (Å²) in [5.74, 6) is 0. The molecule has 2 nitrogen and oxygen atoms in total. The molecule has 4 rings (SSSR count). The van der Waals surface area contributed by atoms with Gasteiger partial charge in [0.25, 0.3) is 0 Å². The van der Waals surface area contributed by atoms with Gasteiger partial charge in [0.05, 0.1) is 11.6 Å². The Hall–Kier alpha value is -3.05. The molecule has 0 N–H and O–H groups in total. The highest BCUT2D eigenvalue weighted by molar-refractivity contribution is 5.90. The number of hydrogen-bond acceptors (Lipinski definition) is 1. The molecule has 0 unspecified atom stereocenters. The molecular formula is C21H16N2. The van der Waals surface area contributed by atoms with Crippen LogP contribution in [-0.2, 0) is 13.5 Å². The van der Waals surface area contributed by atoms with E-state index >= 15 is 0 Å². The van der Waals surface area contributed by atoms with Crippen molar-refractivity contribution < 1.29 is 0 Å². The molecule has 1 heterocycles. The minimum Gasteiger partial charge on any atom is -0.350 e. The first-order chi connectivity index (χ1) is 11.3. The first-order valence-electron chi connectivity index (χ1n) is 7.71. The van der Waals surface area contributed by atoms with Gasteiger partial charge < -0.3 is 4.57 Å². The van der Waals surface area contributed by atoms with Gasteiger partial charge in [-0.1, -0.05) is 48.5 Å². The summed E-state index contributed by atoms with van der Waals surface area (Å²) in [7, 11) is 2.04. The summed E-state index contributed by atoms with van der Waals surface area (Å²) in [5, 5.41) is 13.0. The van der Waals surface area contributed by atoms with E-state index in [0.29, 0.717) is 0 Å². The molecule has 4 aromatic rings. The number of nitriles is 1. The molecule has 0 atom stereocenters. The Balaban J connectivity index is 1.84. The lowest BCUT2D eigenvalue weighted by Gasteiger charge is -2.04. The van der Waals surface area contributed by atoms with Gasteiger partial charge in [0, 0.05) is 24.1 Å². The molecule has 0 spiro atoms. The van der Waals surface area contributed by atoms with E-state index in [1.54, 1.807) is 0 Å². The Kier molecular flexibility index (Phi) is 3.13. The van der Waals surface area contributed by atoms with E-state index in [9.17, 15) is 5.26 Å². The van der Waals surface area contributed by atoms with Crippen molar-refractivity contribution in [3.8, 4) is 6.07 Å². The van der Waals surface area contributed by atoms with E-state index in [-0.39, 0.29) is 0 Å². The maximum Gasteiger partial charge on any atom is 0.0998 e. The van der Waals surface area contributed by atoms with Crippen LogP contribution in [0.1, 0.15) is 16.7 Å². The molecule has 1 aromatic heterocycles. The average molecular weight is 296 g/mol. The van der Waals surface area contributed by atoms with Crippen molar-refractivity contribution in [1.82, 2.24) is 4.57 Å². The van der Waals surface area contributed by atoms with Crippen molar-refractivity contribution in [2.24, 2.45) is 7.05 Å². The fraction of sp³-hybridized carbons (Fsp3) is 0.0952. The maximum atomic E-state index is 9.42. The van der Waals surface area contributed by atoms with E-state index in [2.05, 4.69) is 65.4 Å². The number of aromatic nitrogens is 1. The molecule has 0 aliphatic heterocycles. The third kappa shape index (κ3) is 2.27. The van der Waals surface area contributed by atoms with Gasteiger partial charge in [0.15, 0.2) is 0 Å². The maximum absolute atomic E-state index is 9.42. The number of fused-ring (bicyclic) bond motifs is 2. The summed E-state index contributed by atoms with van der Waals surface area (Å²) in [4.78, 5) is 0. The minimum atomic E-state index is 0.749. The molecule has 0 saturated heterocycles. The lowest BCUT2D eigenvalue weighted by molar-refractivity contribution is 0.958. The lowest BCUT2D eigenvalue weighted by Crippen LogP contribution is -1.88. The van der Waals surface area contributed by atoms with Gasteiger partial charge in [-0.3, -0.25) is 0 Å². The van der Waals surface area contributed by atoms with Crippen molar-refractivity contribution in [1.29, 1.82) is 5.26 Å². The second-order valence-electron chi connectivity index (χ2n) is 5.94. The van der Waals surface area contributed by atoms with E-state index in [0.717, 1.165) is 22.9 Å². The summed E-state index contributed by atoms with van der Waals surface area (Å²) in [6.07, 6.45) is 2.97. The Morgan fingerprint density at radius 2 is 1.78 bits per heavy atom. The van der Waals surface area contributed by atoms with Gasteiger partial charge in [0.1, 0.15) is 0 Å². The van der Waals surface area contributed by atoms with Crippen molar-refractivity contribution in [3.63, 3.8) is 0 Å². The molecule has 0 aliphatic rings. The van der Waals surface area contributed by atoms with Crippen LogP contribution in [0.2, 0.25) is 0 Å². The molecular weight excluding hydrogens is 280 g/mol. The zero-order valence-corrected chi connectivity index (χ0v) is 13.0. The van der Waals surface area contributed by atoms with Gasteiger partial charge in [-0.25, -0.2) is 0 Å². The summed E-state index contributed by atoms with van der Waals surface area (Å²) < 4.78 is 2.10. The van der Waals surface area contributed by atoms with Crippen LogP contribution >= 0.6 is 0 Å². The van der Waals surface area contributed by atoms with Crippen LogP contribution in [-0.4, -0.2) is 4.57 Å². The topological polar surface area (TPSA) is 28.7 Å². The molecule has 0 amide bonds. The highest BCUT2D eigenvalue weighted by Crippen LogP contribution is 2.27. The second kappa shape index (κ2) is 5.30. The fourth-order valence-electron chi connectivity index (χ4n) is 3.34. The molecule has 0 aliphatic carbocycles. The Bertz CT molecular complexity index is 1060. The van der Waals surface area contributed by atoms with Crippen LogP contribution in [0, 0.1) is 11.3 Å². The quantitative estimate of drug-likeness (QED) is 0.522. The molecule has 3 aromatic carbocycles. The van der Waals surface area contributed by atoms with Gasteiger partial charge in [-0.15, -0.1) is 0 Å². The van der Waals surface area contributed by atoms with Crippen LogP contribution < -0.4 is 0 Å². The highest BCUT2D eigenvalue weighted by atomic mass is 14.9. The third-order valence-corrected chi connectivity index (χ3v) is 4.42. The van der Waals surface area contributed by atoms with Crippen LogP contribution in [0.25, 0.3) is 21.7 Å². The van der Waals surface area contributed by atoms with E-state index in [4.69, 9.17) is 0 Å². The normalized spacial score (nSPS) is 11.0. The predicted octanol–water partition coefficient (Wildman–Crippen LogP) is 4.79. The average Bonchev–Trinajstić information content (AvgIpc) is 2.91. The third-order valence-electron chi connectivity index (χ3n) is 4.42. The van der Waals surface area contributed by atoms with Crippen molar-refractivity contribution in [2.45, 2.75) is 6.42 Å². The molecule has 110 valence electrons. The molecule has 0 radical (unpaired) electrons. The van der Waals surface area contributed by atoms with Gasteiger partial charge in [-0.05, 0) is 40.5 Å². The van der Waals surface area contributed by atoms with E-state index < -0.39 is 0 Å². The summed E-state index contributed by atoms with van der Waals surface area (Å²) in [6.45, 7) is 0. The SMILES string of the molecule is Cn1cc(Cc2ccc3ccccc3c2)c2c(C#N)cccc21. The molecule has 0 bridgehead atoms. The number of rotatable bonds is 2. The lowest BCUT2D eigenvalue weighted by atomic mass is 9.99. The van der Waals surface area contributed by atoms with Crippen LogP contribution in [0.3, 0.4) is 0 Å². The van der Waals surface area contributed by atoms with Gasteiger partial charge in [0.2, 0.25) is 0 Å². The molecule has 23 heavy (non-hydrogen) atoms. The van der Waals surface area contributed by atoms with Crippen LogP contribution in [0.4, 0.5) is 0 Å². The first kappa shape index (κ1) is 13.6. The number of benzene rings is 3. The zero-order chi connectivity index (χ0) is 15.8. The minimum absolute atomic E-state index is 0.749. The van der Waals surface area contributed by atoms with Crippen LogP contribution in [0.5, 0.6) is 0 Å². The first-order valence-corrected chi connectivity index (χ1v) is 7.71. The number of nitrogens with zero attached hydrogens (tertiary/aromatic N) is 2. The summed E-state index contributed by atoms with van der Waals surface area (Å²) >= 11 is 0. The second-order valence-corrected chi connectivity index (χ2v) is 5.94. The molecule has 2 heteroatoms. The van der Waals surface area contributed by atoms with Crippen molar-refractivity contribution in [2.75, 3.05) is 0 Å². The van der Waals surface area contributed by atoms with Crippen molar-refractivity contribution >= 4 is 21.7 Å². The Labute approximate surface area is 135 Å². The van der Waals surface area contributed by atoms with E-state index in [1.807, 2.05) is 19.2 Å². The van der Waals surface area contributed by atoms with Crippen molar-refractivity contribution in [3.05, 3.63) is 83.6 Å². The number of aryl methyl sites for hydroxylation is 1. The summed E-state index contributed by atoms with van der Waals surface area (Å²) in [5.41, 5.74) is 4.33. The smallest absolute Gasteiger partial charge is 0.0998 e.